The van der Waals surface area contributed by atoms with Crippen LogP contribution in [0.1, 0.15) is 18.4 Å². The van der Waals surface area contributed by atoms with Crippen molar-refractivity contribution >= 4 is 11.4 Å². The predicted molar refractivity (Wildman–Crippen MR) is 56.6 cm³/mol. The first-order valence-corrected chi connectivity index (χ1v) is 4.72. The average Bonchev–Trinajstić information content (AvgIpc) is 2.95. The molecule has 0 atom stereocenters. The molecule has 1 aliphatic carbocycles. The van der Waals surface area contributed by atoms with Crippen LogP contribution < -0.4 is 5.32 Å². The summed E-state index contributed by atoms with van der Waals surface area (Å²) in [5, 5.41) is 7.04. The molecule has 14 heavy (non-hydrogen) atoms. The van der Waals surface area contributed by atoms with Gasteiger partial charge in [0.1, 0.15) is 0 Å². The Balaban J connectivity index is 2.35. The van der Waals surface area contributed by atoms with Gasteiger partial charge < -0.3 is 5.32 Å². The number of hydrogen-bond donors (Lipinski definition) is 1. The zero-order valence-corrected chi connectivity index (χ0v) is 8.07. The molecule has 0 bridgehead atoms. The van der Waals surface area contributed by atoms with Crippen molar-refractivity contribution in [3.8, 4) is 0 Å². The summed E-state index contributed by atoms with van der Waals surface area (Å²) >= 11 is 0. The van der Waals surface area contributed by atoms with E-state index in [4.69, 9.17) is 5.53 Å². The van der Waals surface area contributed by atoms with Crippen molar-refractivity contribution in [1.29, 1.82) is 0 Å². The van der Waals surface area contributed by atoms with Gasteiger partial charge in [0.15, 0.2) is 0 Å². The summed E-state index contributed by atoms with van der Waals surface area (Å²) in [6.07, 6.45) is 2.42. The molecule has 1 aromatic rings. The SMILES string of the molecule is Cc1cccc(N=[N+]=[N-])c1NC1CC1. The van der Waals surface area contributed by atoms with Gasteiger partial charge >= 0.3 is 0 Å². The molecule has 0 spiro atoms. The number of azide groups is 1. The molecule has 0 radical (unpaired) electrons. The third-order valence-electron chi connectivity index (χ3n) is 2.33. The van der Waals surface area contributed by atoms with Crippen molar-refractivity contribution in [2.45, 2.75) is 25.8 Å². The summed E-state index contributed by atoms with van der Waals surface area (Å²) in [5.74, 6) is 0. The van der Waals surface area contributed by atoms with Crippen LogP contribution in [0.3, 0.4) is 0 Å². The van der Waals surface area contributed by atoms with Gasteiger partial charge in [0.25, 0.3) is 0 Å². The number of anilines is 1. The van der Waals surface area contributed by atoms with Crippen molar-refractivity contribution in [2.24, 2.45) is 5.11 Å². The number of para-hydroxylation sites is 1. The van der Waals surface area contributed by atoms with Gasteiger partial charge in [-0.05, 0) is 30.9 Å². The lowest BCUT2D eigenvalue weighted by Gasteiger charge is -2.10. The van der Waals surface area contributed by atoms with Crippen LogP contribution in [0.15, 0.2) is 23.3 Å². The fourth-order valence-electron chi connectivity index (χ4n) is 1.40. The van der Waals surface area contributed by atoms with Gasteiger partial charge in [0, 0.05) is 16.6 Å². The van der Waals surface area contributed by atoms with Crippen LogP contribution in [-0.4, -0.2) is 6.04 Å². The molecule has 72 valence electrons. The van der Waals surface area contributed by atoms with E-state index in [0.29, 0.717) is 11.7 Å². The maximum absolute atomic E-state index is 8.42. The van der Waals surface area contributed by atoms with E-state index in [0.717, 1.165) is 11.3 Å². The average molecular weight is 188 g/mol. The van der Waals surface area contributed by atoms with Crippen LogP contribution in [-0.2, 0) is 0 Å². The lowest BCUT2D eigenvalue weighted by molar-refractivity contribution is 1.14. The van der Waals surface area contributed by atoms with Gasteiger partial charge in [0.05, 0.1) is 5.69 Å². The van der Waals surface area contributed by atoms with Gasteiger partial charge in [-0.1, -0.05) is 23.3 Å². The van der Waals surface area contributed by atoms with E-state index in [2.05, 4.69) is 15.3 Å². The van der Waals surface area contributed by atoms with E-state index < -0.39 is 0 Å². The molecule has 1 fully saturated rings. The third-order valence-corrected chi connectivity index (χ3v) is 2.33. The number of rotatable bonds is 3. The second kappa shape index (κ2) is 3.60. The largest absolute Gasteiger partial charge is 0.382 e. The molecule has 4 nitrogen and oxygen atoms in total. The zero-order chi connectivity index (χ0) is 9.97. The lowest BCUT2D eigenvalue weighted by Crippen LogP contribution is -2.02. The van der Waals surface area contributed by atoms with Crippen LogP contribution >= 0.6 is 0 Å². The van der Waals surface area contributed by atoms with E-state index in [1.807, 2.05) is 25.1 Å². The van der Waals surface area contributed by atoms with E-state index >= 15 is 0 Å². The Morgan fingerprint density at radius 1 is 1.50 bits per heavy atom. The highest BCUT2D eigenvalue weighted by molar-refractivity contribution is 5.70. The standard InChI is InChI=1S/C10H12N4/c1-7-3-2-4-9(13-14-11)10(7)12-8-5-6-8/h2-4,8,12H,5-6H2,1H3. The Bertz CT molecular complexity index is 389. The van der Waals surface area contributed by atoms with Crippen molar-refractivity contribution in [2.75, 3.05) is 5.32 Å². The topological polar surface area (TPSA) is 60.8 Å². The Morgan fingerprint density at radius 2 is 2.29 bits per heavy atom. The molecule has 0 unspecified atom stereocenters. The molecule has 0 aliphatic heterocycles. The molecule has 0 saturated heterocycles. The van der Waals surface area contributed by atoms with E-state index in [9.17, 15) is 0 Å². The van der Waals surface area contributed by atoms with Crippen molar-refractivity contribution < 1.29 is 0 Å². The number of hydrogen-bond acceptors (Lipinski definition) is 2. The normalized spacial score (nSPS) is 14.6. The van der Waals surface area contributed by atoms with E-state index in [-0.39, 0.29) is 0 Å². The Morgan fingerprint density at radius 3 is 2.93 bits per heavy atom. The number of benzene rings is 1. The van der Waals surface area contributed by atoms with E-state index in [1.165, 1.54) is 12.8 Å². The summed E-state index contributed by atoms with van der Waals surface area (Å²) in [7, 11) is 0. The first kappa shape index (κ1) is 8.91. The van der Waals surface area contributed by atoms with Gasteiger partial charge in [-0.25, -0.2) is 0 Å². The van der Waals surface area contributed by atoms with Crippen LogP contribution in [0.2, 0.25) is 0 Å². The highest BCUT2D eigenvalue weighted by Gasteiger charge is 2.22. The van der Waals surface area contributed by atoms with Crippen LogP contribution in [0.25, 0.3) is 10.4 Å². The minimum atomic E-state index is 0.573. The number of nitrogens with one attached hydrogen (secondary N) is 1. The molecule has 4 heteroatoms. The first-order chi connectivity index (χ1) is 6.81. The van der Waals surface area contributed by atoms with Gasteiger partial charge in [0.2, 0.25) is 0 Å². The second-order valence-corrected chi connectivity index (χ2v) is 3.58. The fraction of sp³-hybridized carbons (Fsp3) is 0.400. The molecule has 0 aromatic heterocycles. The fourth-order valence-corrected chi connectivity index (χ4v) is 1.40. The maximum atomic E-state index is 8.42. The van der Waals surface area contributed by atoms with Crippen LogP contribution in [0.4, 0.5) is 11.4 Å². The van der Waals surface area contributed by atoms with Crippen molar-refractivity contribution in [1.82, 2.24) is 0 Å². The summed E-state index contributed by atoms with van der Waals surface area (Å²) in [6.45, 7) is 2.01. The highest BCUT2D eigenvalue weighted by atomic mass is 15.1. The molecular weight excluding hydrogens is 176 g/mol. The molecule has 2 rings (SSSR count). The van der Waals surface area contributed by atoms with Gasteiger partial charge in [-0.2, -0.15) is 0 Å². The lowest BCUT2D eigenvalue weighted by atomic mass is 10.1. The zero-order valence-electron chi connectivity index (χ0n) is 8.07. The maximum Gasteiger partial charge on any atom is 0.0609 e. The van der Waals surface area contributed by atoms with Crippen LogP contribution in [0, 0.1) is 6.92 Å². The quantitative estimate of drug-likeness (QED) is 0.440. The van der Waals surface area contributed by atoms with E-state index in [1.54, 1.807) is 0 Å². The number of aryl methyl sites for hydroxylation is 1. The number of nitrogens with zero attached hydrogens (tertiary/aromatic N) is 3. The van der Waals surface area contributed by atoms with Gasteiger partial charge in [-0.3, -0.25) is 0 Å². The molecule has 1 aliphatic rings. The second-order valence-electron chi connectivity index (χ2n) is 3.58. The minimum Gasteiger partial charge on any atom is -0.382 e. The monoisotopic (exact) mass is 188 g/mol. The summed E-state index contributed by atoms with van der Waals surface area (Å²) in [4.78, 5) is 2.82. The summed E-state index contributed by atoms with van der Waals surface area (Å²) in [6, 6.07) is 6.32. The molecule has 1 N–H and O–H groups in total. The molecular formula is C10H12N4. The molecule has 1 saturated carbocycles. The van der Waals surface area contributed by atoms with Crippen molar-refractivity contribution in [3.63, 3.8) is 0 Å². The smallest absolute Gasteiger partial charge is 0.0609 e. The predicted octanol–water partition coefficient (Wildman–Crippen LogP) is 3.51. The summed E-state index contributed by atoms with van der Waals surface area (Å²) < 4.78 is 0. The van der Waals surface area contributed by atoms with Gasteiger partial charge in [-0.15, -0.1) is 0 Å². The van der Waals surface area contributed by atoms with Crippen molar-refractivity contribution in [3.05, 3.63) is 34.2 Å². The Labute approximate surface area is 82.6 Å². The minimum absolute atomic E-state index is 0.573. The Hall–Kier alpha value is -1.67. The molecule has 0 heterocycles. The molecule has 1 aromatic carbocycles. The van der Waals surface area contributed by atoms with Crippen LogP contribution in [0.5, 0.6) is 0 Å². The highest BCUT2D eigenvalue weighted by Crippen LogP contribution is 2.33. The summed E-state index contributed by atoms with van der Waals surface area (Å²) in [5.41, 5.74) is 11.2. The third kappa shape index (κ3) is 1.80. The first-order valence-electron chi connectivity index (χ1n) is 4.72. The molecule has 0 amide bonds. The Kier molecular flexibility index (Phi) is 2.29.